The molecule has 0 spiro atoms. The van der Waals surface area contributed by atoms with Crippen LogP contribution in [0.3, 0.4) is 0 Å². The molecule has 0 aromatic heterocycles. The average molecular weight is 324 g/mol. The van der Waals surface area contributed by atoms with Gasteiger partial charge in [0.05, 0.1) is 24.2 Å². The van der Waals surface area contributed by atoms with Crippen LogP contribution in [0.5, 0.6) is 0 Å². The van der Waals surface area contributed by atoms with E-state index in [2.05, 4.69) is 12.2 Å². The molecule has 0 fully saturated rings. The second-order valence-electron chi connectivity index (χ2n) is 5.56. The first-order valence-electron chi connectivity index (χ1n) is 7.80. The van der Waals surface area contributed by atoms with E-state index in [-0.39, 0.29) is 17.6 Å². The highest BCUT2D eigenvalue weighted by Gasteiger charge is 2.15. The van der Waals surface area contributed by atoms with Crippen molar-refractivity contribution in [2.75, 3.05) is 13.2 Å². The molecule has 122 valence electrons. The molecule has 0 radical (unpaired) electrons. The van der Waals surface area contributed by atoms with Crippen molar-refractivity contribution in [3.8, 4) is 0 Å². The summed E-state index contributed by atoms with van der Waals surface area (Å²) in [5.74, 6) is 0. The lowest BCUT2D eigenvalue weighted by Crippen LogP contribution is -2.18. The van der Waals surface area contributed by atoms with Gasteiger partial charge in [-0.05, 0) is 51.2 Å². The van der Waals surface area contributed by atoms with Crippen LogP contribution >= 0.6 is 0 Å². The third-order valence-corrected chi connectivity index (χ3v) is 5.03. The summed E-state index contributed by atoms with van der Waals surface area (Å²) in [6.07, 6.45) is 9.85. The van der Waals surface area contributed by atoms with Crippen LogP contribution in [0.4, 0.5) is 0 Å². The molecule has 0 saturated heterocycles. The van der Waals surface area contributed by atoms with E-state index in [1.54, 1.807) is 24.3 Å². The zero-order chi connectivity index (χ0) is 15.8. The molecule has 2 rings (SSSR count). The minimum atomic E-state index is -3.68. The zero-order valence-electron chi connectivity index (χ0n) is 13.0. The second kappa shape index (κ2) is 8.46. The van der Waals surface area contributed by atoms with Gasteiger partial charge in [-0.3, -0.25) is 4.18 Å². The molecule has 5 heteroatoms. The minimum absolute atomic E-state index is 0.0581. The highest BCUT2D eigenvalue weighted by Crippen LogP contribution is 2.16. The maximum Gasteiger partial charge on any atom is 0.297 e. The molecule has 1 atom stereocenters. The van der Waals surface area contributed by atoms with E-state index in [0.29, 0.717) is 6.61 Å². The third-order valence-electron chi connectivity index (χ3n) is 3.70. The quantitative estimate of drug-likeness (QED) is 0.456. The lowest BCUT2D eigenvalue weighted by Gasteiger charge is -2.18. The van der Waals surface area contributed by atoms with Crippen molar-refractivity contribution in [1.29, 1.82) is 0 Å². The van der Waals surface area contributed by atoms with Crippen molar-refractivity contribution in [2.24, 2.45) is 0 Å². The Balaban J connectivity index is 1.75. The number of aryl methyl sites for hydroxylation is 1. The molecule has 22 heavy (non-hydrogen) atoms. The van der Waals surface area contributed by atoms with Gasteiger partial charge in [0.2, 0.25) is 0 Å². The maximum absolute atomic E-state index is 12.0. The number of hydrogen-bond acceptors (Lipinski definition) is 4. The van der Waals surface area contributed by atoms with E-state index in [1.807, 2.05) is 6.92 Å². The predicted molar refractivity (Wildman–Crippen MR) is 86.3 cm³/mol. The molecule has 0 aliphatic heterocycles. The fourth-order valence-corrected chi connectivity index (χ4v) is 3.32. The van der Waals surface area contributed by atoms with Crippen LogP contribution in [-0.2, 0) is 19.0 Å². The summed E-state index contributed by atoms with van der Waals surface area (Å²) >= 11 is 0. The van der Waals surface area contributed by atoms with Gasteiger partial charge >= 0.3 is 0 Å². The molecular formula is C17H24O4S. The molecule has 0 saturated carbocycles. The Morgan fingerprint density at radius 2 is 1.77 bits per heavy atom. The summed E-state index contributed by atoms with van der Waals surface area (Å²) in [5, 5.41) is 0. The Labute approximate surface area is 133 Å². The van der Waals surface area contributed by atoms with Gasteiger partial charge in [0.1, 0.15) is 0 Å². The van der Waals surface area contributed by atoms with Crippen molar-refractivity contribution >= 4 is 10.1 Å². The summed E-state index contributed by atoms with van der Waals surface area (Å²) < 4.78 is 34.8. The molecular weight excluding hydrogens is 300 g/mol. The Morgan fingerprint density at radius 3 is 2.55 bits per heavy atom. The molecule has 0 amide bonds. The second-order valence-corrected chi connectivity index (χ2v) is 7.18. The van der Waals surface area contributed by atoms with E-state index in [0.717, 1.165) is 37.7 Å². The molecule has 0 heterocycles. The van der Waals surface area contributed by atoms with Crippen LogP contribution in [-0.4, -0.2) is 27.7 Å². The van der Waals surface area contributed by atoms with Crippen LogP contribution < -0.4 is 0 Å². The largest absolute Gasteiger partial charge is 0.376 e. The fraction of sp³-hybridized carbons (Fsp3) is 0.529. The van der Waals surface area contributed by atoms with E-state index >= 15 is 0 Å². The van der Waals surface area contributed by atoms with Gasteiger partial charge in [0.25, 0.3) is 10.1 Å². The molecule has 0 N–H and O–H groups in total. The lowest BCUT2D eigenvalue weighted by molar-refractivity contribution is 0.0241. The van der Waals surface area contributed by atoms with Gasteiger partial charge in [0, 0.05) is 0 Å². The van der Waals surface area contributed by atoms with Gasteiger partial charge in [-0.1, -0.05) is 29.8 Å². The van der Waals surface area contributed by atoms with Crippen LogP contribution in [0.15, 0.2) is 41.3 Å². The van der Waals surface area contributed by atoms with E-state index < -0.39 is 10.1 Å². The van der Waals surface area contributed by atoms with Gasteiger partial charge in [-0.15, -0.1) is 0 Å². The van der Waals surface area contributed by atoms with E-state index in [9.17, 15) is 8.42 Å². The summed E-state index contributed by atoms with van der Waals surface area (Å²) in [4.78, 5) is 0.189. The number of allylic oxidation sites excluding steroid dienone is 2. The minimum Gasteiger partial charge on any atom is -0.376 e. The highest BCUT2D eigenvalue weighted by molar-refractivity contribution is 7.86. The summed E-state index contributed by atoms with van der Waals surface area (Å²) in [6.45, 7) is 2.28. The SMILES string of the molecule is Cc1ccc(S(=O)(=O)OCCOC2CCC=CCCC2)cc1. The average Bonchev–Trinajstić information content (AvgIpc) is 2.45. The van der Waals surface area contributed by atoms with Crippen LogP contribution in [0.2, 0.25) is 0 Å². The van der Waals surface area contributed by atoms with Crippen molar-refractivity contribution in [3.63, 3.8) is 0 Å². The zero-order valence-corrected chi connectivity index (χ0v) is 13.8. The molecule has 1 aliphatic carbocycles. The highest BCUT2D eigenvalue weighted by atomic mass is 32.2. The lowest BCUT2D eigenvalue weighted by atomic mass is 10.0. The van der Waals surface area contributed by atoms with Gasteiger partial charge < -0.3 is 4.74 Å². The van der Waals surface area contributed by atoms with E-state index in [4.69, 9.17) is 8.92 Å². The van der Waals surface area contributed by atoms with Crippen LogP contribution in [0, 0.1) is 6.92 Å². The fourth-order valence-electron chi connectivity index (χ4n) is 2.42. The first-order valence-corrected chi connectivity index (χ1v) is 9.21. The molecule has 1 unspecified atom stereocenters. The Hall–Kier alpha value is -1.17. The Bertz CT molecular complexity index is 575. The number of rotatable bonds is 6. The first-order chi connectivity index (χ1) is 10.6. The molecule has 1 aromatic carbocycles. The number of ether oxygens (including phenoxy) is 1. The van der Waals surface area contributed by atoms with Crippen LogP contribution in [0.25, 0.3) is 0 Å². The van der Waals surface area contributed by atoms with Gasteiger partial charge in [-0.2, -0.15) is 8.42 Å². The number of benzene rings is 1. The van der Waals surface area contributed by atoms with Crippen molar-refractivity contribution in [3.05, 3.63) is 42.0 Å². The van der Waals surface area contributed by atoms with Crippen molar-refractivity contribution in [1.82, 2.24) is 0 Å². The Morgan fingerprint density at radius 1 is 1.05 bits per heavy atom. The normalized spacial score (nSPS) is 19.6. The van der Waals surface area contributed by atoms with E-state index in [1.165, 1.54) is 0 Å². The summed E-state index contributed by atoms with van der Waals surface area (Å²) in [5.41, 5.74) is 1.01. The molecule has 4 nitrogen and oxygen atoms in total. The molecule has 0 bridgehead atoms. The smallest absolute Gasteiger partial charge is 0.297 e. The summed E-state index contributed by atoms with van der Waals surface area (Å²) in [6, 6.07) is 6.64. The van der Waals surface area contributed by atoms with Crippen molar-refractivity contribution < 1.29 is 17.3 Å². The number of hydrogen-bond donors (Lipinski definition) is 0. The molecule has 1 aromatic rings. The van der Waals surface area contributed by atoms with Crippen molar-refractivity contribution in [2.45, 2.75) is 50.0 Å². The Kier molecular flexibility index (Phi) is 6.61. The van der Waals surface area contributed by atoms with Gasteiger partial charge in [-0.25, -0.2) is 0 Å². The topological polar surface area (TPSA) is 52.6 Å². The third kappa shape index (κ3) is 5.55. The maximum atomic E-state index is 12.0. The molecule has 1 aliphatic rings. The standard InChI is InChI=1S/C17H24O4S/c1-15-9-11-17(12-10-15)22(18,19)21-14-13-20-16-7-5-3-2-4-6-8-16/h2-3,9-12,16H,4-8,13-14H2,1H3. The first kappa shape index (κ1) is 17.2. The summed E-state index contributed by atoms with van der Waals surface area (Å²) in [7, 11) is -3.68. The predicted octanol–water partition coefficient (Wildman–Crippen LogP) is 3.61. The van der Waals surface area contributed by atoms with Crippen LogP contribution in [0.1, 0.15) is 37.7 Å². The van der Waals surface area contributed by atoms with Gasteiger partial charge in [0.15, 0.2) is 0 Å². The monoisotopic (exact) mass is 324 g/mol.